The monoisotopic (exact) mass is 490 g/mol. The molecule has 2 heterocycles. The van der Waals surface area contributed by atoms with Crippen LogP contribution in [0.2, 0.25) is 10.0 Å². The van der Waals surface area contributed by atoms with Gasteiger partial charge in [-0.1, -0.05) is 60.3 Å². The summed E-state index contributed by atoms with van der Waals surface area (Å²) in [6.07, 6.45) is 5.09. The zero-order valence-corrected chi connectivity index (χ0v) is 20.6. The summed E-state index contributed by atoms with van der Waals surface area (Å²) in [5, 5.41) is 12.1. The van der Waals surface area contributed by atoms with Crippen molar-refractivity contribution in [2.75, 3.05) is 6.54 Å². The lowest BCUT2D eigenvalue weighted by molar-refractivity contribution is 0.0129. The highest BCUT2D eigenvalue weighted by Gasteiger charge is 2.34. The fraction of sp³-hybridized carbons (Fsp3) is 0.385. The zero-order chi connectivity index (χ0) is 21.5. The van der Waals surface area contributed by atoms with Gasteiger partial charge >= 0.3 is 0 Å². The Morgan fingerprint density at radius 2 is 1.69 bits per heavy atom. The molecule has 1 aromatic heterocycles. The summed E-state index contributed by atoms with van der Waals surface area (Å²) in [5.41, 5.74) is 7.32. The molecule has 1 aliphatic heterocycles. The van der Waals surface area contributed by atoms with Crippen LogP contribution >= 0.6 is 35.6 Å². The molecule has 1 aliphatic carbocycles. The third kappa shape index (κ3) is 4.22. The predicted molar refractivity (Wildman–Crippen MR) is 136 cm³/mol. The summed E-state index contributed by atoms with van der Waals surface area (Å²) >= 11 is 12.9. The second kappa shape index (κ2) is 9.79. The Balaban J connectivity index is 0.00000245. The van der Waals surface area contributed by atoms with Crippen LogP contribution in [0.3, 0.4) is 0 Å². The van der Waals surface area contributed by atoms with E-state index < -0.39 is 0 Å². The summed E-state index contributed by atoms with van der Waals surface area (Å²) in [5.74, 6) is 0. The molecule has 1 fully saturated rings. The van der Waals surface area contributed by atoms with Crippen LogP contribution < -0.4 is 0 Å². The fourth-order valence-electron chi connectivity index (χ4n) is 5.45. The van der Waals surface area contributed by atoms with E-state index >= 15 is 0 Å². The smallest absolute Gasteiger partial charge is 0.0695 e. The highest BCUT2D eigenvalue weighted by Crippen LogP contribution is 2.40. The Kier molecular flexibility index (Phi) is 7.24. The minimum atomic E-state index is -0.211. The summed E-state index contributed by atoms with van der Waals surface area (Å²) in [6.45, 7) is 4.06. The topological polar surface area (TPSA) is 28.4 Å². The third-order valence-electron chi connectivity index (χ3n) is 7.02. The van der Waals surface area contributed by atoms with E-state index in [1.807, 2.05) is 30.3 Å². The van der Waals surface area contributed by atoms with E-state index in [0.29, 0.717) is 0 Å². The highest BCUT2D eigenvalue weighted by molar-refractivity contribution is 6.32. The molecule has 1 saturated carbocycles. The molecule has 3 nitrogen and oxygen atoms in total. The van der Waals surface area contributed by atoms with Gasteiger partial charge in [0, 0.05) is 36.3 Å². The number of hydrogen-bond donors (Lipinski definition) is 1. The number of benzene rings is 2. The van der Waals surface area contributed by atoms with Crippen molar-refractivity contribution in [2.24, 2.45) is 0 Å². The van der Waals surface area contributed by atoms with Gasteiger partial charge in [-0.2, -0.15) is 0 Å². The molecular formula is C26H29Cl3N2O. The molecule has 2 atom stereocenters. The molecule has 0 amide bonds. The molecule has 170 valence electrons. The van der Waals surface area contributed by atoms with Gasteiger partial charge in [0.05, 0.1) is 22.5 Å². The van der Waals surface area contributed by atoms with Crippen molar-refractivity contribution in [2.45, 2.75) is 57.7 Å². The third-order valence-corrected chi connectivity index (χ3v) is 7.59. The molecule has 3 aromatic rings. The Bertz CT molecular complexity index is 1090. The first-order chi connectivity index (χ1) is 15.0. The van der Waals surface area contributed by atoms with E-state index in [1.54, 1.807) is 0 Å². The number of aliphatic hydroxyl groups excluding tert-OH is 1. The van der Waals surface area contributed by atoms with Gasteiger partial charge in [-0.05, 0) is 60.7 Å². The molecule has 2 aliphatic rings. The Morgan fingerprint density at radius 1 is 0.969 bits per heavy atom. The van der Waals surface area contributed by atoms with Crippen molar-refractivity contribution in [3.63, 3.8) is 0 Å². The summed E-state index contributed by atoms with van der Waals surface area (Å²) in [7, 11) is 0. The molecule has 0 bridgehead atoms. The molecule has 0 saturated heterocycles. The van der Waals surface area contributed by atoms with Crippen molar-refractivity contribution < 1.29 is 5.11 Å². The average Bonchev–Trinajstić information content (AvgIpc) is 3.07. The maximum atomic E-state index is 10.6. The molecule has 2 aromatic carbocycles. The number of nitrogens with zero attached hydrogens (tertiary/aromatic N) is 2. The quantitative estimate of drug-likeness (QED) is 0.434. The second-order valence-electron chi connectivity index (χ2n) is 8.83. The van der Waals surface area contributed by atoms with Crippen molar-refractivity contribution in [1.82, 2.24) is 9.47 Å². The lowest BCUT2D eigenvalue weighted by Crippen LogP contribution is -2.47. The SMILES string of the molecule is Cc1c2c(n(-c3ccccc3Cl)c1-c1ccc(Cl)cc1)CCN([C@H]1CCCC[C@@H]1O)C2.Cl. The van der Waals surface area contributed by atoms with Crippen LogP contribution in [0, 0.1) is 6.92 Å². The summed E-state index contributed by atoms with van der Waals surface area (Å²) < 4.78 is 2.35. The minimum absolute atomic E-state index is 0. The molecule has 0 spiro atoms. The zero-order valence-electron chi connectivity index (χ0n) is 18.2. The van der Waals surface area contributed by atoms with Gasteiger partial charge in [0.1, 0.15) is 0 Å². The first-order valence-corrected chi connectivity index (χ1v) is 12.0. The standard InChI is InChI=1S/C26H28Cl2N2O.ClH/c1-17-20-16-29(24-8-4-5-9-25(24)31)15-14-22(20)30(23-7-3-2-6-21(23)28)26(17)18-10-12-19(27)13-11-18;/h2-3,6-7,10-13,24-25,31H,4-5,8-9,14-16H2,1H3;1H/t24-,25-;/m0./s1. The van der Waals surface area contributed by atoms with Gasteiger partial charge in [0.15, 0.2) is 0 Å². The van der Waals surface area contributed by atoms with E-state index in [2.05, 4.69) is 34.6 Å². The predicted octanol–water partition coefficient (Wildman–Crippen LogP) is 6.84. The summed E-state index contributed by atoms with van der Waals surface area (Å²) in [6, 6.07) is 16.4. The van der Waals surface area contributed by atoms with Gasteiger partial charge in [0.25, 0.3) is 0 Å². The van der Waals surface area contributed by atoms with Gasteiger partial charge in [-0.25, -0.2) is 0 Å². The largest absolute Gasteiger partial charge is 0.391 e. The average molecular weight is 492 g/mol. The van der Waals surface area contributed by atoms with Crippen molar-refractivity contribution >= 4 is 35.6 Å². The van der Waals surface area contributed by atoms with Crippen LogP contribution in [0.4, 0.5) is 0 Å². The highest BCUT2D eigenvalue weighted by atomic mass is 35.5. The van der Waals surface area contributed by atoms with Gasteiger partial charge in [-0.15, -0.1) is 12.4 Å². The lowest BCUT2D eigenvalue weighted by atomic mass is 9.89. The molecular weight excluding hydrogens is 463 g/mol. The van der Waals surface area contributed by atoms with Gasteiger partial charge in [-0.3, -0.25) is 4.90 Å². The van der Waals surface area contributed by atoms with E-state index in [1.165, 1.54) is 28.9 Å². The van der Waals surface area contributed by atoms with E-state index in [9.17, 15) is 5.11 Å². The number of rotatable bonds is 3. The molecule has 0 unspecified atom stereocenters. The number of aliphatic hydroxyl groups is 1. The summed E-state index contributed by atoms with van der Waals surface area (Å²) in [4.78, 5) is 2.50. The van der Waals surface area contributed by atoms with E-state index in [-0.39, 0.29) is 24.6 Å². The first-order valence-electron chi connectivity index (χ1n) is 11.2. The minimum Gasteiger partial charge on any atom is -0.391 e. The maximum Gasteiger partial charge on any atom is 0.0695 e. The molecule has 32 heavy (non-hydrogen) atoms. The number of hydrogen-bond acceptors (Lipinski definition) is 2. The van der Waals surface area contributed by atoms with Crippen LogP contribution in [-0.2, 0) is 13.0 Å². The Labute approximate surface area is 206 Å². The van der Waals surface area contributed by atoms with Crippen LogP contribution in [0.1, 0.15) is 42.5 Å². The van der Waals surface area contributed by atoms with E-state index in [4.69, 9.17) is 23.2 Å². The first kappa shape index (κ1) is 23.7. The molecule has 0 radical (unpaired) electrons. The van der Waals surface area contributed by atoms with Crippen molar-refractivity contribution in [3.8, 4) is 16.9 Å². The number of halogens is 3. The van der Waals surface area contributed by atoms with Gasteiger partial charge in [0.2, 0.25) is 0 Å². The van der Waals surface area contributed by atoms with Gasteiger partial charge < -0.3 is 9.67 Å². The Hall–Kier alpha value is -1.49. The van der Waals surface area contributed by atoms with Crippen LogP contribution in [0.15, 0.2) is 48.5 Å². The lowest BCUT2D eigenvalue weighted by Gasteiger charge is -2.40. The second-order valence-corrected chi connectivity index (χ2v) is 9.68. The number of aromatic nitrogens is 1. The molecule has 1 N–H and O–H groups in total. The maximum absolute atomic E-state index is 10.6. The number of para-hydroxylation sites is 1. The Morgan fingerprint density at radius 3 is 2.41 bits per heavy atom. The van der Waals surface area contributed by atoms with Crippen LogP contribution in [0.5, 0.6) is 0 Å². The molecule has 5 rings (SSSR count). The van der Waals surface area contributed by atoms with Crippen molar-refractivity contribution in [3.05, 3.63) is 75.4 Å². The number of fused-ring (bicyclic) bond motifs is 1. The van der Waals surface area contributed by atoms with Crippen molar-refractivity contribution in [1.29, 1.82) is 0 Å². The van der Waals surface area contributed by atoms with Crippen LogP contribution in [0.25, 0.3) is 16.9 Å². The van der Waals surface area contributed by atoms with E-state index in [0.717, 1.165) is 60.1 Å². The normalized spacial score (nSPS) is 21.1. The fourth-order valence-corrected chi connectivity index (χ4v) is 5.80. The molecule has 6 heteroatoms. The van der Waals surface area contributed by atoms with Crippen LogP contribution in [-0.4, -0.2) is 33.3 Å².